The van der Waals surface area contributed by atoms with Crippen LogP contribution in [0.1, 0.15) is 90.9 Å². The number of unbranched alkanes of at least 4 members (excludes halogenated alkanes) is 2. The van der Waals surface area contributed by atoms with E-state index in [-0.39, 0.29) is 46.5 Å². The van der Waals surface area contributed by atoms with Gasteiger partial charge in [-0.05, 0) is 40.8 Å². The second-order valence-corrected chi connectivity index (χ2v) is 21.8. The van der Waals surface area contributed by atoms with Crippen LogP contribution < -0.4 is 24.8 Å². The average Bonchev–Trinajstić information content (AvgIpc) is 3.44. The van der Waals surface area contributed by atoms with Crippen molar-refractivity contribution in [2.75, 3.05) is 0 Å². The van der Waals surface area contributed by atoms with Crippen LogP contribution in [-0.2, 0) is 21.7 Å². The van der Waals surface area contributed by atoms with Gasteiger partial charge in [-0.25, -0.2) is 34.4 Å². The molecule has 2 unspecified atom stereocenters. The fraction of sp³-hybridized carbons (Fsp3) is 0.688. The van der Waals surface area contributed by atoms with E-state index in [4.69, 9.17) is 0 Å². The van der Waals surface area contributed by atoms with Gasteiger partial charge in [0.05, 0.1) is 0 Å². The van der Waals surface area contributed by atoms with Gasteiger partial charge < -0.3 is 24.8 Å². The Morgan fingerprint density at radius 3 is 1.43 bits per heavy atom. The summed E-state index contributed by atoms with van der Waals surface area (Å²) in [5.41, 5.74) is 7.67. The first-order valence-corrected chi connectivity index (χ1v) is 20.4. The van der Waals surface area contributed by atoms with Crippen LogP contribution in [0.2, 0.25) is 36.3 Å². The molecule has 0 radical (unpaired) electrons. The van der Waals surface area contributed by atoms with Crippen molar-refractivity contribution < 1.29 is 46.5 Å². The predicted molar refractivity (Wildman–Crippen MR) is 155 cm³/mol. The second kappa shape index (κ2) is 15.4. The van der Waals surface area contributed by atoms with Crippen molar-refractivity contribution in [3.63, 3.8) is 0 Å². The Balaban J connectivity index is 0.000000241. The Kier molecular flexibility index (Phi) is 14.0. The standard InChI is InChI=1S/2C16H25Si.2ClH.Ti/c2*1-2-3-11-17(12-6-13-17)16-10-9-14-7-4-5-8-15(14)16;;;/h2*4-5,8,14H,2-3,6-7,9-13H2,1H3;2*1H;/q2*-1;;;+4/p-2. The number of halogens is 2. The SMILES string of the molecule is CCCC[Si]1([C-]2CCC3CC=CC=C23)CCC1.CCCC[Si]1([C-]2CCC3CC=CC=C23)CCC1.[Cl-].[Cl-].[Ti+4]. The Hall–Kier alpha value is 0.428. The van der Waals surface area contributed by atoms with Gasteiger partial charge in [-0.2, -0.15) is 0 Å². The van der Waals surface area contributed by atoms with Crippen molar-refractivity contribution in [3.8, 4) is 0 Å². The summed E-state index contributed by atoms with van der Waals surface area (Å²) in [6.07, 6.45) is 31.7. The topological polar surface area (TPSA) is 0 Å². The minimum absolute atomic E-state index is 0. The second-order valence-electron chi connectivity index (χ2n) is 12.5. The van der Waals surface area contributed by atoms with E-state index >= 15 is 0 Å². The minimum Gasteiger partial charge on any atom is -1.00 e. The molecule has 5 heteroatoms. The van der Waals surface area contributed by atoms with E-state index in [2.05, 4.69) is 50.3 Å². The zero-order valence-corrected chi connectivity index (χ0v) is 28.7. The van der Waals surface area contributed by atoms with E-state index in [0.29, 0.717) is 0 Å². The van der Waals surface area contributed by atoms with Crippen LogP contribution in [0, 0.1) is 22.9 Å². The van der Waals surface area contributed by atoms with E-state index < -0.39 is 16.1 Å². The number of hydrogen-bond donors (Lipinski definition) is 0. The maximum Gasteiger partial charge on any atom is 4.00 e. The summed E-state index contributed by atoms with van der Waals surface area (Å²) in [5.74, 6) is 1.84. The summed E-state index contributed by atoms with van der Waals surface area (Å²) in [6.45, 7) is 4.71. The van der Waals surface area contributed by atoms with Crippen molar-refractivity contribution in [2.45, 2.75) is 127 Å². The Labute approximate surface area is 258 Å². The van der Waals surface area contributed by atoms with Crippen molar-refractivity contribution in [3.05, 3.63) is 58.7 Å². The normalized spacial score (nSPS) is 27.4. The summed E-state index contributed by atoms with van der Waals surface area (Å²) in [4.78, 5) is 0. The molecule has 0 N–H and O–H groups in total. The molecule has 0 spiro atoms. The first kappa shape index (κ1) is 33.6. The molecular weight excluding hydrogens is 559 g/mol. The molecule has 2 heterocycles. The van der Waals surface area contributed by atoms with Crippen LogP contribution in [-0.4, -0.2) is 16.1 Å². The van der Waals surface area contributed by atoms with Crippen molar-refractivity contribution in [1.29, 1.82) is 0 Å². The van der Waals surface area contributed by atoms with Crippen molar-refractivity contribution in [1.82, 2.24) is 0 Å². The molecule has 2 aliphatic heterocycles. The Morgan fingerprint density at radius 1 is 0.703 bits per heavy atom. The molecule has 37 heavy (non-hydrogen) atoms. The predicted octanol–water partition coefficient (Wildman–Crippen LogP) is 4.10. The summed E-state index contributed by atoms with van der Waals surface area (Å²) in [5, 5.41) is 0. The molecule has 204 valence electrons. The fourth-order valence-electron chi connectivity index (χ4n) is 8.31. The van der Waals surface area contributed by atoms with E-state index in [0.717, 1.165) is 11.8 Å². The third-order valence-electron chi connectivity index (χ3n) is 10.6. The molecule has 6 aliphatic rings. The zero-order chi connectivity index (χ0) is 23.4. The van der Waals surface area contributed by atoms with Gasteiger partial charge >= 0.3 is 21.7 Å². The molecule has 4 fully saturated rings. The molecule has 2 saturated carbocycles. The summed E-state index contributed by atoms with van der Waals surface area (Å²) >= 11 is 0. The van der Waals surface area contributed by atoms with Crippen LogP contribution in [0.5, 0.6) is 0 Å². The molecule has 2 atom stereocenters. The van der Waals surface area contributed by atoms with E-state index in [1.807, 2.05) is 22.2 Å². The summed E-state index contributed by atoms with van der Waals surface area (Å²) in [7, 11) is -1.85. The molecule has 0 amide bonds. The molecule has 0 aromatic heterocycles. The van der Waals surface area contributed by atoms with Gasteiger partial charge in [0, 0.05) is 0 Å². The maximum absolute atomic E-state index is 2.47. The number of allylic oxidation sites excluding steroid dienone is 8. The van der Waals surface area contributed by atoms with Gasteiger partial charge in [-0.15, -0.1) is 24.3 Å². The van der Waals surface area contributed by atoms with Crippen molar-refractivity contribution in [2.24, 2.45) is 11.8 Å². The van der Waals surface area contributed by atoms with Crippen LogP contribution >= 0.6 is 0 Å². The zero-order valence-electron chi connectivity index (χ0n) is 23.6. The molecule has 0 aromatic rings. The fourth-order valence-corrected chi connectivity index (χ4v) is 18.7. The minimum atomic E-state index is -0.924. The first-order chi connectivity index (χ1) is 16.7. The summed E-state index contributed by atoms with van der Waals surface area (Å²) < 4.78 is 0. The van der Waals surface area contributed by atoms with Crippen LogP contribution in [0.4, 0.5) is 0 Å². The molecular formula is C32H50Cl2Si2Ti. The monoisotopic (exact) mass is 608 g/mol. The molecule has 4 aliphatic carbocycles. The molecule has 0 nitrogen and oxygen atoms in total. The largest absolute Gasteiger partial charge is 4.00 e. The summed E-state index contributed by atoms with van der Waals surface area (Å²) in [6, 6.07) is 9.69. The first-order valence-electron chi connectivity index (χ1n) is 15.2. The Morgan fingerprint density at radius 2 is 1.11 bits per heavy atom. The molecule has 2 saturated heterocycles. The van der Waals surface area contributed by atoms with E-state index in [9.17, 15) is 0 Å². The number of rotatable bonds is 8. The molecule has 0 bridgehead atoms. The van der Waals surface area contributed by atoms with E-state index in [1.165, 1.54) is 77.0 Å². The molecule has 6 rings (SSSR count). The van der Waals surface area contributed by atoms with Crippen molar-refractivity contribution >= 4 is 16.1 Å². The van der Waals surface area contributed by atoms with Gasteiger partial charge in [-0.3, -0.25) is 0 Å². The number of hydrogen-bond acceptors (Lipinski definition) is 0. The average molecular weight is 610 g/mol. The van der Waals surface area contributed by atoms with Crippen LogP contribution in [0.3, 0.4) is 0 Å². The van der Waals surface area contributed by atoms with Crippen LogP contribution in [0.25, 0.3) is 0 Å². The van der Waals surface area contributed by atoms with Gasteiger partial charge in [0.15, 0.2) is 0 Å². The molecule has 0 aromatic carbocycles. The smallest absolute Gasteiger partial charge is 1.00 e. The van der Waals surface area contributed by atoms with Gasteiger partial charge in [-0.1, -0.05) is 114 Å². The Bertz CT molecular complexity index is 757. The third kappa shape index (κ3) is 7.02. The number of fused-ring (bicyclic) bond motifs is 2. The van der Waals surface area contributed by atoms with Gasteiger partial charge in [0.25, 0.3) is 0 Å². The van der Waals surface area contributed by atoms with E-state index in [1.54, 1.807) is 36.3 Å². The maximum atomic E-state index is 2.47. The third-order valence-corrected chi connectivity index (χ3v) is 22.1. The van der Waals surface area contributed by atoms with Crippen LogP contribution in [0.15, 0.2) is 47.6 Å². The van der Waals surface area contributed by atoms with Gasteiger partial charge in [0.2, 0.25) is 0 Å². The quantitative estimate of drug-likeness (QED) is 0.287. The van der Waals surface area contributed by atoms with Gasteiger partial charge in [0.1, 0.15) is 0 Å².